The molecule has 0 spiro atoms. The predicted molar refractivity (Wildman–Crippen MR) is 105 cm³/mol. The number of anilines is 2. The Labute approximate surface area is 162 Å². The Kier molecular flexibility index (Phi) is 4.75. The van der Waals surface area contributed by atoms with E-state index in [-0.39, 0.29) is 11.9 Å². The quantitative estimate of drug-likeness (QED) is 0.633. The summed E-state index contributed by atoms with van der Waals surface area (Å²) < 4.78 is 15.4. The molecule has 2 N–H and O–H groups in total. The molecule has 0 amide bonds. The maximum Gasteiger partial charge on any atom is 0.311 e. The summed E-state index contributed by atoms with van der Waals surface area (Å²) in [7, 11) is 0. The first-order chi connectivity index (χ1) is 13.5. The average Bonchev–Trinajstić information content (AvgIpc) is 3.31. The molecule has 1 unspecified atom stereocenters. The van der Waals surface area contributed by atoms with Crippen molar-refractivity contribution >= 4 is 28.6 Å². The highest BCUT2D eigenvalue weighted by Crippen LogP contribution is 2.49. The van der Waals surface area contributed by atoms with Gasteiger partial charge in [-0.25, -0.2) is 9.37 Å². The van der Waals surface area contributed by atoms with Gasteiger partial charge in [0.25, 0.3) is 0 Å². The second-order valence-corrected chi connectivity index (χ2v) is 7.42. The van der Waals surface area contributed by atoms with Gasteiger partial charge in [-0.1, -0.05) is 25.8 Å². The molecule has 2 aromatic heterocycles. The first kappa shape index (κ1) is 18.4. The minimum atomic E-state index is -0.762. The van der Waals surface area contributed by atoms with E-state index >= 15 is 0 Å². The normalized spacial score (nSPS) is 16.9. The Morgan fingerprint density at radius 2 is 2.14 bits per heavy atom. The highest BCUT2D eigenvalue weighted by molar-refractivity contribution is 5.79. The van der Waals surface area contributed by atoms with Gasteiger partial charge < -0.3 is 15.0 Å². The Balaban J connectivity index is 1.74. The fourth-order valence-corrected chi connectivity index (χ4v) is 4.49. The van der Waals surface area contributed by atoms with Crippen molar-refractivity contribution in [1.82, 2.24) is 14.5 Å². The number of hydrogen-bond acceptors (Lipinski definition) is 4. The van der Waals surface area contributed by atoms with Crippen LogP contribution < -0.4 is 5.32 Å². The number of rotatable bonds is 6. The molecule has 4 rings (SSSR count). The molecule has 1 aromatic carbocycles. The molecular weight excluding hydrogens is 359 g/mol. The highest BCUT2D eigenvalue weighted by atomic mass is 19.1. The number of benzene rings is 1. The van der Waals surface area contributed by atoms with Crippen molar-refractivity contribution in [2.45, 2.75) is 45.1 Å². The van der Waals surface area contributed by atoms with E-state index < -0.39 is 11.4 Å². The molecular formula is C21H23FN4O2. The molecule has 1 aliphatic carbocycles. The number of hydrogen-bond donors (Lipinski definition) is 2. The van der Waals surface area contributed by atoms with Crippen LogP contribution in [-0.4, -0.2) is 25.6 Å². The number of aromatic nitrogens is 3. The van der Waals surface area contributed by atoms with Crippen LogP contribution in [0.5, 0.6) is 0 Å². The topological polar surface area (TPSA) is 80.0 Å². The molecule has 1 fully saturated rings. The molecule has 0 saturated heterocycles. The molecule has 28 heavy (non-hydrogen) atoms. The van der Waals surface area contributed by atoms with E-state index in [9.17, 15) is 14.3 Å². The lowest BCUT2D eigenvalue weighted by Gasteiger charge is -2.34. The molecule has 0 radical (unpaired) electrons. The number of nitrogens with one attached hydrogen (secondary N) is 1. The first-order valence-electron chi connectivity index (χ1n) is 9.63. The zero-order valence-corrected chi connectivity index (χ0v) is 15.7. The number of carboxylic acid groups (broad SMARTS) is 1. The third kappa shape index (κ3) is 3.10. The Morgan fingerprint density at radius 3 is 2.82 bits per heavy atom. The average molecular weight is 382 g/mol. The fraction of sp³-hybridized carbons (Fsp3) is 0.381. The van der Waals surface area contributed by atoms with E-state index in [0.29, 0.717) is 36.5 Å². The van der Waals surface area contributed by atoms with Gasteiger partial charge in [-0.2, -0.15) is 4.98 Å². The second kappa shape index (κ2) is 7.22. The molecule has 0 aliphatic heterocycles. The van der Waals surface area contributed by atoms with Crippen LogP contribution in [0.1, 0.15) is 45.1 Å². The summed E-state index contributed by atoms with van der Waals surface area (Å²) in [6.07, 6.45) is 7.54. The molecule has 7 heteroatoms. The summed E-state index contributed by atoms with van der Waals surface area (Å²) in [6.45, 7) is 2.02. The van der Waals surface area contributed by atoms with E-state index in [4.69, 9.17) is 0 Å². The van der Waals surface area contributed by atoms with Crippen molar-refractivity contribution in [3.8, 4) is 0 Å². The molecule has 2 heterocycles. The lowest BCUT2D eigenvalue weighted by atomic mass is 9.77. The van der Waals surface area contributed by atoms with Gasteiger partial charge in [0.1, 0.15) is 11.5 Å². The Hall–Kier alpha value is -2.96. The van der Waals surface area contributed by atoms with Crippen LogP contribution >= 0.6 is 0 Å². The zero-order valence-electron chi connectivity index (χ0n) is 15.7. The van der Waals surface area contributed by atoms with Crippen molar-refractivity contribution in [3.63, 3.8) is 0 Å². The molecule has 6 nitrogen and oxygen atoms in total. The van der Waals surface area contributed by atoms with E-state index in [1.165, 1.54) is 12.1 Å². The van der Waals surface area contributed by atoms with Gasteiger partial charge in [0.15, 0.2) is 0 Å². The summed E-state index contributed by atoms with van der Waals surface area (Å²) in [4.78, 5) is 21.1. The van der Waals surface area contributed by atoms with Gasteiger partial charge >= 0.3 is 5.97 Å². The fourth-order valence-electron chi connectivity index (χ4n) is 4.49. The van der Waals surface area contributed by atoms with Crippen LogP contribution in [0.3, 0.4) is 0 Å². The van der Waals surface area contributed by atoms with Gasteiger partial charge in [0.05, 0.1) is 11.5 Å². The number of fused-ring (bicyclic) bond motifs is 1. The van der Waals surface area contributed by atoms with E-state index in [1.54, 1.807) is 18.3 Å². The van der Waals surface area contributed by atoms with Crippen molar-refractivity contribution in [1.29, 1.82) is 0 Å². The van der Waals surface area contributed by atoms with E-state index in [0.717, 1.165) is 18.2 Å². The maximum absolute atomic E-state index is 13.4. The molecule has 1 saturated carbocycles. The standard InChI is InChI=1S/C21H23FN4O2/c1-2-17(21(19(27)28)9-3-4-10-21)26-11-8-14-13-23-20(25-18(14)26)24-16-7-5-6-15(22)12-16/h5-8,11-13,17H,2-4,9-10H2,1H3,(H,27,28)(H,23,24,25). The smallest absolute Gasteiger partial charge is 0.311 e. The van der Waals surface area contributed by atoms with E-state index in [1.807, 2.05) is 23.8 Å². The predicted octanol–water partition coefficient (Wildman–Crippen LogP) is 4.91. The number of nitrogens with zero attached hydrogens (tertiary/aromatic N) is 3. The van der Waals surface area contributed by atoms with Crippen LogP contribution in [0.4, 0.5) is 16.0 Å². The number of halogens is 1. The molecule has 0 bridgehead atoms. The maximum atomic E-state index is 13.4. The second-order valence-electron chi connectivity index (χ2n) is 7.42. The molecule has 1 aliphatic rings. The third-order valence-electron chi connectivity index (χ3n) is 5.82. The molecule has 1 atom stereocenters. The van der Waals surface area contributed by atoms with Crippen molar-refractivity contribution in [2.75, 3.05) is 5.32 Å². The third-order valence-corrected chi connectivity index (χ3v) is 5.82. The molecule has 3 aromatic rings. The lowest BCUT2D eigenvalue weighted by molar-refractivity contribution is -0.151. The number of carboxylic acids is 1. The SMILES string of the molecule is CCC(n1ccc2cnc(Nc3cccc(F)c3)nc21)C1(C(=O)O)CCCC1. The van der Waals surface area contributed by atoms with Crippen molar-refractivity contribution in [3.05, 3.63) is 48.5 Å². The lowest BCUT2D eigenvalue weighted by Crippen LogP contribution is -2.37. The zero-order chi connectivity index (χ0) is 19.7. The summed E-state index contributed by atoms with van der Waals surface area (Å²) in [5.41, 5.74) is 0.484. The van der Waals surface area contributed by atoms with E-state index in [2.05, 4.69) is 15.3 Å². The largest absolute Gasteiger partial charge is 0.481 e. The Morgan fingerprint density at radius 1 is 1.36 bits per heavy atom. The van der Waals surface area contributed by atoms with Gasteiger partial charge in [-0.15, -0.1) is 0 Å². The minimum Gasteiger partial charge on any atom is -0.481 e. The van der Waals surface area contributed by atoms with Gasteiger partial charge in [0.2, 0.25) is 5.95 Å². The first-order valence-corrected chi connectivity index (χ1v) is 9.63. The van der Waals surface area contributed by atoms with Crippen LogP contribution in [0.25, 0.3) is 11.0 Å². The monoisotopic (exact) mass is 382 g/mol. The summed E-state index contributed by atoms with van der Waals surface area (Å²) in [5, 5.41) is 13.9. The highest BCUT2D eigenvalue weighted by Gasteiger charge is 2.48. The number of aliphatic carboxylic acids is 1. The minimum absolute atomic E-state index is 0.179. The van der Waals surface area contributed by atoms with Crippen LogP contribution in [0, 0.1) is 11.2 Å². The number of carbonyl (C=O) groups is 1. The Bertz CT molecular complexity index is 1010. The van der Waals surface area contributed by atoms with Crippen LogP contribution in [-0.2, 0) is 4.79 Å². The van der Waals surface area contributed by atoms with Crippen LogP contribution in [0.2, 0.25) is 0 Å². The van der Waals surface area contributed by atoms with Crippen molar-refractivity contribution in [2.24, 2.45) is 5.41 Å². The van der Waals surface area contributed by atoms with Gasteiger partial charge in [-0.05, 0) is 43.5 Å². The van der Waals surface area contributed by atoms with Crippen molar-refractivity contribution < 1.29 is 14.3 Å². The van der Waals surface area contributed by atoms with Gasteiger partial charge in [-0.3, -0.25) is 4.79 Å². The summed E-state index contributed by atoms with van der Waals surface area (Å²) in [5.74, 6) is -0.723. The van der Waals surface area contributed by atoms with Crippen LogP contribution in [0.15, 0.2) is 42.7 Å². The summed E-state index contributed by atoms with van der Waals surface area (Å²) >= 11 is 0. The molecule has 146 valence electrons. The summed E-state index contributed by atoms with van der Waals surface area (Å²) in [6, 6.07) is 7.83. The van der Waals surface area contributed by atoms with Gasteiger partial charge in [0, 0.05) is 23.5 Å².